The van der Waals surface area contributed by atoms with E-state index in [2.05, 4.69) is 26.5 Å². The topological polar surface area (TPSA) is 84.1 Å². The summed E-state index contributed by atoms with van der Waals surface area (Å²) in [6.45, 7) is 1.97. The highest BCUT2D eigenvalue weighted by atomic mass is 16.5. The molecular formula is C14H16N4O2. The van der Waals surface area contributed by atoms with Gasteiger partial charge in [0.25, 0.3) is 5.89 Å². The Balaban J connectivity index is 1.66. The molecular weight excluding hydrogens is 256 g/mol. The molecule has 2 atom stereocenters. The molecule has 2 aromatic heterocycles. The molecule has 0 bridgehead atoms. The van der Waals surface area contributed by atoms with E-state index in [0.717, 1.165) is 17.8 Å². The molecule has 20 heavy (non-hydrogen) atoms. The molecule has 1 aliphatic rings. The fourth-order valence-electron chi connectivity index (χ4n) is 2.23. The number of pyridine rings is 1. The quantitative estimate of drug-likeness (QED) is 0.825. The lowest BCUT2D eigenvalue weighted by atomic mass is 10.1. The molecule has 0 saturated carbocycles. The highest BCUT2D eigenvalue weighted by Crippen LogP contribution is 2.22. The first kappa shape index (κ1) is 12.8. The highest BCUT2D eigenvalue weighted by Gasteiger charge is 2.18. The van der Waals surface area contributed by atoms with Crippen LogP contribution in [0.15, 0.2) is 35.0 Å². The summed E-state index contributed by atoms with van der Waals surface area (Å²) >= 11 is 0. The van der Waals surface area contributed by atoms with Crippen molar-refractivity contribution in [3.63, 3.8) is 0 Å². The Morgan fingerprint density at radius 3 is 2.90 bits per heavy atom. The second-order valence-electron chi connectivity index (χ2n) is 4.89. The molecule has 0 fully saturated rings. The van der Waals surface area contributed by atoms with E-state index in [-0.39, 0.29) is 18.6 Å². The van der Waals surface area contributed by atoms with E-state index in [1.165, 1.54) is 0 Å². The number of nitrogens with one attached hydrogen (secondary N) is 1. The normalized spacial score (nSPS) is 21.3. The number of anilines is 1. The molecule has 2 N–H and O–H groups in total. The van der Waals surface area contributed by atoms with Crippen molar-refractivity contribution >= 4 is 5.82 Å². The average Bonchev–Trinajstić information content (AvgIpc) is 3.09. The van der Waals surface area contributed by atoms with Gasteiger partial charge in [0, 0.05) is 24.8 Å². The zero-order valence-electron chi connectivity index (χ0n) is 11.2. The molecule has 0 aliphatic heterocycles. The maximum atomic E-state index is 9.10. The van der Waals surface area contributed by atoms with Crippen LogP contribution in [0.4, 0.5) is 5.82 Å². The molecule has 3 rings (SSSR count). The van der Waals surface area contributed by atoms with Crippen LogP contribution in [-0.2, 0) is 0 Å². The van der Waals surface area contributed by atoms with Crippen LogP contribution in [-0.4, -0.2) is 32.9 Å². The van der Waals surface area contributed by atoms with E-state index in [1.807, 2.05) is 18.2 Å². The maximum Gasteiger partial charge on any atom is 0.259 e. The molecule has 0 aromatic carbocycles. The highest BCUT2D eigenvalue weighted by molar-refractivity contribution is 5.54. The van der Waals surface area contributed by atoms with Crippen molar-refractivity contribution in [2.45, 2.75) is 19.4 Å². The number of hydrogen-bond donors (Lipinski definition) is 2. The SMILES string of the molecule is Cc1noc(-c2ccc(N[C@@H]3C=C[C@H](CO)C3)nc2)n1. The van der Waals surface area contributed by atoms with E-state index >= 15 is 0 Å². The fourth-order valence-corrected chi connectivity index (χ4v) is 2.23. The summed E-state index contributed by atoms with van der Waals surface area (Å²) < 4.78 is 5.09. The van der Waals surface area contributed by atoms with Crippen molar-refractivity contribution in [3.8, 4) is 11.5 Å². The third-order valence-corrected chi connectivity index (χ3v) is 3.28. The van der Waals surface area contributed by atoms with Crippen molar-refractivity contribution in [3.05, 3.63) is 36.3 Å². The summed E-state index contributed by atoms with van der Waals surface area (Å²) in [7, 11) is 0. The van der Waals surface area contributed by atoms with E-state index in [4.69, 9.17) is 9.63 Å². The van der Waals surface area contributed by atoms with Gasteiger partial charge in [0.1, 0.15) is 5.82 Å². The van der Waals surface area contributed by atoms with Crippen LogP contribution in [0.5, 0.6) is 0 Å². The Bertz CT molecular complexity index is 606. The zero-order chi connectivity index (χ0) is 13.9. The summed E-state index contributed by atoms with van der Waals surface area (Å²) in [4.78, 5) is 8.50. The Morgan fingerprint density at radius 2 is 2.30 bits per heavy atom. The average molecular weight is 272 g/mol. The summed E-state index contributed by atoms with van der Waals surface area (Å²) in [6, 6.07) is 4.00. The number of aromatic nitrogens is 3. The van der Waals surface area contributed by atoms with Crippen LogP contribution in [0, 0.1) is 12.8 Å². The molecule has 0 unspecified atom stereocenters. The van der Waals surface area contributed by atoms with Crippen LogP contribution < -0.4 is 5.32 Å². The van der Waals surface area contributed by atoms with Crippen LogP contribution in [0.3, 0.4) is 0 Å². The van der Waals surface area contributed by atoms with Crippen molar-refractivity contribution in [1.82, 2.24) is 15.1 Å². The summed E-state index contributed by atoms with van der Waals surface area (Å²) in [5.74, 6) is 2.11. The van der Waals surface area contributed by atoms with Gasteiger partial charge < -0.3 is 14.9 Å². The van der Waals surface area contributed by atoms with E-state index in [0.29, 0.717) is 11.7 Å². The van der Waals surface area contributed by atoms with Gasteiger partial charge in [-0.2, -0.15) is 4.98 Å². The molecule has 0 amide bonds. The third kappa shape index (κ3) is 2.70. The number of aliphatic hydroxyl groups is 1. The first-order valence-corrected chi connectivity index (χ1v) is 6.57. The molecule has 1 aliphatic carbocycles. The lowest BCUT2D eigenvalue weighted by Gasteiger charge is -2.13. The minimum absolute atomic E-state index is 0.192. The lowest BCUT2D eigenvalue weighted by Crippen LogP contribution is -2.17. The Labute approximate surface area is 116 Å². The van der Waals surface area contributed by atoms with Gasteiger partial charge in [0.15, 0.2) is 5.82 Å². The van der Waals surface area contributed by atoms with Gasteiger partial charge in [0.2, 0.25) is 0 Å². The number of nitrogens with zero attached hydrogens (tertiary/aromatic N) is 3. The van der Waals surface area contributed by atoms with Gasteiger partial charge in [-0.25, -0.2) is 4.98 Å². The third-order valence-electron chi connectivity index (χ3n) is 3.28. The smallest absolute Gasteiger partial charge is 0.259 e. The number of rotatable bonds is 4. The molecule has 6 nitrogen and oxygen atoms in total. The predicted octanol–water partition coefficient (Wildman–Crippen LogP) is 1.79. The van der Waals surface area contributed by atoms with Gasteiger partial charge >= 0.3 is 0 Å². The lowest BCUT2D eigenvalue weighted by molar-refractivity contribution is 0.250. The summed E-state index contributed by atoms with van der Waals surface area (Å²) in [5, 5.41) is 16.2. The summed E-state index contributed by atoms with van der Waals surface area (Å²) in [6.07, 6.45) is 6.70. The summed E-state index contributed by atoms with van der Waals surface area (Å²) in [5.41, 5.74) is 0.798. The van der Waals surface area contributed by atoms with E-state index < -0.39 is 0 Å². The first-order chi connectivity index (χ1) is 9.74. The minimum Gasteiger partial charge on any atom is -0.396 e. The molecule has 2 aromatic rings. The van der Waals surface area contributed by atoms with E-state index in [9.17, 15) is 0 Å². The van der Waals surface area contributed by atoms with Crippen LogP contribution >= 0.6 is 0 Å². The van der Waals surface area contributed by atoms with Crippen molar-refractivity contribution in [2.75, 3.05) is 11.9 Å². The molecule has 0 spiro atoms. The number of hydrogen-bond acceptors (Lipinski definition) is 6. The van der Waals surface area contributed by atoms with Gasteiger partial charge in [-0.3, -0.25) is 0 Å². The van der Waals surface area contributed by atoms with Gasteiger partial charge in [-0.05, 0) is 25.5 Å². The fraction of sp³-hybridized carbons (Fsp3) is 0.357. The van der Waals surface area contributed by atoms with Crippen molar-refractivity contribution < 1.29 is 9.63 Å². The second-order valence-corrected chi connectivity index (χ2v) is 4.89. The monoisotopic (exact) mass is 272 g/mol. The number of aliphatic hydroxyl groups excluding tert-OH is 1. The van der Waals surface area contributed by atoms with E-state index in [1.54, 1.807) is 13.1 Å². The Morgan fingerprint density at radius 1 is 1.40 bits per heavy atom. The molecule has 0 saturated heterocycles. The van der Waals surface area contributed by atoms with Gasteiger partial charge in [0.05, 0.1) is 5.56 Å². The molecule has 6 heteroatoms. The largest absolute Gasteiger partial charge is 0.396 e. The van der Waals surface area contributed by atoms with Crippen LogP contribution in [0.25, 0.3) is 11.5 Å². The molecule has 104 valence electrons. The predicted molar refractivity (Wildman–Crippen MR) is 74.0 cm³/mol. The maximum absolute atomic E-state index is 9.10. The molecule has 0 radical (unpaired) electrons. The van der Waals surface area contributed by atoms with Crippen molar-refractivity contribution in [1.29, 1.82) is 0 Å². The Hall–Kier alpha value is -2.21. The van der Waals surface area contributed by atoms with Gasteiger partial charge in [-0.15, -0.1) is 0 Å². The molecule has 2 heterocycles. The van der Waals surface area contributed by atoms with Crippen LogP contribution in [0.2, 0.25) is 0 Å². The zero-order valence-corrected chi connectivity index (χ0v) is 11.2. The Kier molecular flexibility index (Phi) is 3.47. The van der Waals surface area contributed by atoms with Crippen LogP contribution in [0.1, 0.15) is 12.2 Å². The first-order valence-electron chi connectivity index (χ1n) is 6.57. The second kappa shape index (κ2) is 5.42. The van der Waals surface area contributed by atoms with Crippen molar-refractivity contribution in [2.24, 2.45) is 5.92 Å². The standard InChI is InChI=1S/C14H16N4O2/c1-9-16-14(20-18-9)11-3-5-13(15-7-11)17-12-4-2-10(6-12)8-19/h2-5,7,10,12,19H,6,8H2,1H3,(H,15,17)/t10-,12+/m0/s1. The van der Waals surface area contributed by atoms with Gasteiger partial charge in [-0.1, -0.05) is 17.3 Å². The minimum atomic E-state index is 0.192. The number of aryl methyl sites for hydroxylation is 1.